The summed E-state index contributed by atoms with van der Waals surface area (Å²) in [4.78, 5) is 60.3. The number of fused-ring (bicyclic) bond motifs is 1. The molecule has 0 aliphatic carbocycles. The Labute approximate surface area is 213 Å². The number of carbonyl (C=O) groups excluding carboxylic acids is 4. The Morgan fingerprint density at radius 3 is 2.62 bits per heavy atom. The summed E-state index contributed by atoms with van der Waals surface area (Å²) in [5.74, 6) is 4.52. The van der Waals surface area contributed by atoms with Gasteiger partial charge in [0.15, 0.2) is 0 Å². The number of amides is 4. The van der Waals surface area contributed by atoms with Gasteiger partial charge in [0, 0.05) is 25.7 Å². The molecule has 1 aromatic carbocycles. The van der Waals surface area contributed by atoms with E-state index in [-0.39, 0.29) is 43.2 Å². The normalized spacial score (nSPS) is 20.6. The minimum absolute atomic E-state index is 0.0543. The zero-order valence-corrected chi connectivity index (χ0v) is 20.2. The topological polar surface area (TPSA) is 141 Å². The first kappa shape index (κ1) is 25.8. The molecule has 1 atom stereocenters. The Morgan fingerprint density at radius 2 is 1.89 bits per heavy atom. The van der Waals surface area contributed by atoms with Crippen LogP contribution in [-0.4, -0.2) is 89.9 Å². The number of piperidine rings is 2. The van der Waals surface area contributed by atoms with E-state index in [0.717, 1.165) is 4.90 Å². The number of ether oxygens (including phenoxy) is 1. The van der Waals surface area contributed by atoms with Gasteiger partial charge >= 0.3 is 0 Å². The minimum Gasteiger partial charge on any atom is -0.481 e. The van der Waals surface area contributed by atoms with Crippen LogP contribution in [0, 0.1) is 11.8 Å². The van der Waals surface area contributed by atoms with Crippen molar-refractivity contribution in [2.75, 3.05) is 26.2 Å². The maximum atomic E-state index is 12.9. The molecule has 3 aliphatic rings. The zero-order chi connectivity index (χ0) is 26.4. The first-order valence-electron chi connectivity index (χ1n) is 11.9. The molecule has 2 saturated heterocycles. The van der Waals surface area contributed by atoms with Gasteiger partial charge in [0.25, 0.3) is 11.8 Å². The van der Waals surface area contributed by atoms with E-state index in [1.807, 2.05) is 4.90 Å². The number of aliphatic imine (C=N–C) groups is 2. The Hall–Kier alpha value is -4.30. The van der Waals surface area contributed by atoms with Crippen LogP contribution in [0.25, 0.3) is 0 Å². The lowest BCUT2D eigenvalue weighted by Crippen LogP contribution is -2.54. The predicted octanol–water partition coefficient (Wildman–Crippen LogP) is 0.540. The lowest BCUT2D eigenvalue weighted by molar-refractivity contribution is -0.136. The minimum atomic E-state index is -1.01. The molecule has 3 aliphatic heterocycles. The van der Waals surface area contributed by atoms with Crippen LogP contribution in [0.1, 0.15) is 46.4 Å². The zero-order valence-electron chi connectivity index (χ0n) is 20.2. The average molecular weight is 506 g/mol. The summed E-state index contributed by atoms with van der Waals surface area (Å²) in [7, 11) is 0. The number of allylic oxidation sites excluding steroid dienone is 1. The Balaban J connectivity index is 1.28. The highest BCUT2D eigenvalue weighted by atomic mass is 16.5. The van der Waals surface area contributed by atoms with E-state index in [1.165, 1.54) is 12.1 Å². The number of nitrogens with one attached hydrogen (secondary N) is 1. The van der Waals surface area contributed by atoms with Gasteiger partial charge in [0.1, 0.15) is 24.2 Å². The van der Waals surface area contributed by atoms with Gasteiger partial charge in [-0.1, -0.05) is 11.8 Å². The SMILES string of the molecule is C=N/C(=C\C=NCC#CCOc1ccc2c(c1)C(=O)N(C1CCC(=O)NC1=O)C2=O)N1CCC(O)CC1. The summed E-state index contributed by atoms with van der Waals surface area (Å²) >= 11 is 0. The van der Waals surface area contributed by atoms with Gasteiger partial charge in [0.2, 0.25) is 11.8 Å². The van der Waals surface area contributed by atoms with E-state index in [4.69, 9.17) is 4.74 Å². The van der Waals surface area contributed by atoms with Crippen molar-refractivity contribution in [1.82, 2.24) is 15.1 Å². The molecule has 0 bridgehead atoms. The molecular formula is C26H27N5O6. The van der Waals surface area contributed by atoms with Gasteiger partial charge in [0.05, 0.1) is 23.8 Å². The summed E-state index contributed by atoms with van der Waals surface area (Å²) < 4.78 is 5.59. The lowest BCUT2D eigenvalue weighted by atomic mass is 10.0. The fourth-order valence-electron chi connectivity index (χ4n) is 4.34. The quantitative estimate of drug-likeness (QED) is 0.313. The molecule has 4 amide bonds. The number of hydrogen-bond acceptors (Lipinski definition) is 9. The maximum absolute atomic E-state index is 12.9. The first-order chi connectivity index (χ1) is 17.9. The van der Waals surface area contributed by atoms with Crippen molar-refractivity contribution in [2.45, 2.75) is 37.8 Å². The number of aliphatic hydroxyl groups is 1. The highest BCUT2D eigenvalue weighted by molar-refractivity contribution is 6.23. The molecule has 37 heavy (non-hydrogen) atoms. The molecule has 0 spiro atoms. The predicted molar refractivity (Wildman–Crippen MR) is 134 cm³/mol. The number of hydrogen-bond donors (Lipinski definition) is 2. The number of aliphatic hydroxyl groups excluding tert-OH is 1. The third kappa shape index (κ3) is 5.92. The molecule has 1 unspecified atom stereocenters. The second-order valence-electron chi connectivity index (χ2n) is 8.69. The van der Waals surface area contributed by atoms with Gasteiger partial charge in [-0.05, 0) is 50.3 Å². The van der Waals surface area contributed by atoms with Crippen molar-refractivity contribution in [1.29, 1.82) is 0 Å². The molecule has 0 radical (unpaired) electrons. The van der Waals surface area contributed by atoms with Crippen molar-refractivity contribution >= 4 is 36.6 Å². The Kier molecular flexibility index (Phi) is 8.10. The van der Waals surface area contributed by atoms with Gasteiger partial charge in [-0.25, -0.2) is 4.99 Å². The fourth-order valence-corrected chi connectivity index (χ4v) is 4.34. The summed E-state index contributed by atoms with van der Waals surface area (Å²) in [6.07, 6.45) is 4.66. The summed E-state index contributed by atoms with van der Waals surface area (Å²) in [6, 6.07) is 3.48. The Morgan fingerprint density at radius 1 is 1.14 bits per heavy atom. The number of imide groups is 2. The van der Waals surface area contributed by atoms with Gasteiger partial charge in [-0.2, -0.15) is 0 Å². The smallest absolute Gasteiger partial charge is 0.262 e. The van der Waals surface area contributed by atoms with E-state index in [0.29, 0.717) is 37.5 Å². The van der Waals surface area contributed by atoms with Crippen molar-refractivity contribution in [3.8, 4) is 17.6 Å². The van der Waals surface area contributed by atoms with Crippen LogP contribution in [0.2, 0.25) is 0 Å². The molecule has 192 valence electrons. The molecule has 0 aromatic heterocycles. The van der Waals surface area contributed by atoms with Crippen molar-refractivity contribution in [3.63, 3.8) is 0 Å². The second-order valence-corrected chi connectivity index (χ2v) is 8.69. The lowest BCUT2D eigenvalue weighted by Gasteiger charge is -2.31. The van der Waals surface area contributed by atoms with Crippen LogP contribution in [-0.2, 0) is 9.59 Å². The first-order valence-corrected chi connectivity index (χ1v) is 11.9. The summed E-state index contributed by atoms with van der Waals surface area (Å²) in [5, 5.41) is 11.8. The van der Waals surface area contributed by atoms with Crippen LogP contribution in [0.5, 0.6) is 5.75 Å². The van der Waals surface area contributed by atoms with Gasteiger partial charge in [-0.15, -0.1) is 0 Å². The van der Waals surface area contributed by atoms with E-state index in [9.17, 15) is 24.3 Å². The second kappa shape index (κ2) is 11.6. The van der Waals surface area contributed by atoms with E-state index >= 15 is 0 Å². The molecular weight excluding hydrogens is 478 g/mol. The van der Waals surface area contributed by atoms with Crippen molar-refractivity contribution in [3.05, 3.63) is 41.2 Å². The van der Waals surface area contributed by atoms with Crippen LogP contribution >= 0.6 is 0 Å². The summed E-state index contributed by atoms with van der Waals surface area (Å²) in [5.41, 5.74) is 0.330. The number of nitrogens with zero attached hydrogens (tertiary/aromatic N) is 4. The molecule has 11 heteroatoms. The van der Waals surface area contributed by atoms with Crippen LogP contribution in [0.3, 0.4) is 0 Å². The van der Waals surface area contributed by atoms with Gasteiger partial charge < -0.3 is 14.7 Å². The molecule has 2 N–H and O–H groups in total. The molecule has 1 aromatic rings. The van der Waals surface area contributed by atoms with Crippen molar-refractivity contribution < 1.29 is 29.0 Å². The molecule has 0 saturated carbocycles. The standard InChI is InChI=1S/C26H27N5O6/c1-27-22(30-13-9-17(32)10-14-30)8-12-28-11-2-3-15-37-18-4-5-19-20(16-18)26(36)31(25(19)35)21-6-7-23(33)29-24(21)34/h4-5,8,12,16-17,21,32H,1,6-7,9-11,13-15H2,(H,29,33,34)/b22-8+,28-12?. The third-order valence-corrected chi connectivity index (χ3v) is 6.30. The van der Waals surface area contributed by atoms with Crippen LogP contribution in [0.4, 0.5) is 0 Å². The maximum Gasteiger partial charge on any atom is 0.262 e. The van der Waals surface area contributed by atoms with Gasteiger partial charge in [-0.3, -0.25) is 34.4 Å². The van der Waals surface area contributed by atoms with Crippen molar-refractivity contribution in [2.24, 2.45) is 9.98 Å². The Bertz CT molecular complexity index is 1240. The monoisotopic (exact) mass is 505 g/mol. The summed E-state index contributed by atoms with van der Waals surface area (Å²) in [6.45, 7) is 5.33. The third-order valence-electron chi connectivity index (χ3n) is 6.30. The number of likely N-dealkylation sites (tertiary alicyclic amines) is 1. The largest absolute Gasteiger partial charge is 0.481 e. The molecule has 4 rings (SSSR count). The molecule has 3 heterocycles. The van der Waals surface area contributed by atoms with E-state index < -0.39 is 29.7 Å². The molecule has 2 fully saturated rings. The van der Waals surface area contributed by atoms with Crippen LogP contribution < -0.4 is 10.1 Å². The number of benzene rings is 1. The van der Waals surface area contributed by atoms with E-state index in [2.05, 4.69) is 33.9 Å². The highest BCUT2D eigenvalue weighted by Gasteiger charge is 2.44. The fraction of sp³-hybridized carbons (Fsp3) is 0.385. The number of rotatable bonds is 7. The van der Waals surface area contributed by atoms with E-state index in [1.54, 1.807) is 18.4 Å². The average Bonchev–Trinajstić information content (AvgIpc) is 3.13. The highest BCUT2D eigenvalue weighted by Crippen LogP contribution is 2.30. The molecule has 11 nitrogen and oxygen atoms in total. The van der Waals surface area contributed by atoms with Crippen LogP contribution in [0.15, 0.2) is 40.1 Å². The number of carbonyl (C=O) groups is 4.